The first-order chi connectivity index (χ1) is 13.9. The van der Waals surface area contributed by atoms with Crippen LogP contribution in [0.1, 0.15) is 34.7 Å². The fourth-order valence-electron chi connectivity index (χ4n) is 2.67. The van der Waals surface area contributed by atoms with E-state index in [0.29, 0.717) is 17.3 Å². The molecule has 0 aliphatic carbocycles. The highest BCUT2D eigenvalue weighted by atomic mass is 19.1. The second-order valence-electron chi connectivity index (χ2n) is 6.13. The van der Waals surface area contributed by atoms with Crippen molar-refractivity contribution in [3.8, 4) is 5.95 Å². The number of benzene rings is 1. The van der Waals surface area contributed by atoms with Crippen LogP contribution in [0.15, 0.2) is 36.9 Å². The first-order valence-corrected chi connectivity index (χ1v) is 8.67. The van der Waals surface area contributed by atoms with Gasteiger partial charge in [-0.3, -0.25) is 4.79 Å². The van der Waals surface area contributed by atoms with Crippen molar-refractivity contribution < 1.29 is 14.0 Å². The summed E-state index contributed by atoms with van der Waals surface area (Å²) in [4.78, 5) is 36.6. The lowest BCUT2D eigenvalue weighted by atomic mass is 10.1. The molecule has 2 heterocycles. The quantitative estimate of drug-likeness (QED) is 0.601. The first-order valence-electron chi connectivity index (χ1n) is 8.67. The first kappa shape index (κ1) is 19.9. The number of rotatable bonds is 5. The van der Waals surface area contributed by atoms with Crippen LogP contribution in [-0.2, 0) is 0 Å². The van der Waals surface area contributed by atoms with Gasteiger partial charge in [-0.1, -0.05) is 0 Å². The van der Waals surface area contributed by atoms with Gasteiger partial charge in [0.15, 0.2) is 5.82 Å². The van der Waals surface area contributed by atoms with Gasteiger partial charge < -0.3 is 16.0 Å². The number of aryl methyl sites for hydroxylation is 1. The zero-order chi connectivity index (χ0) is 21.0. The van der Waals surface area contributed by atoms with Crippen molar-refractivity contribution in [3.63, 3.8) is 0 Å². The lowest BCUT2D eigenvalue weighted by molar-refractivity contribution is 0.0962. The molecule has 0 spiro atoms. The summed E-state index contributed by atoms with van der Waals surface area (Å²) in [6.45, 7) is 3.29. The second kappa shape index (κ2) is 8.42. The van der Waals surface area contributed by atoms with Gasteiger partial charge in [0.1, 0.15) is 12.1 Å². The van der Waals surface area contributed by atoms with Crippen LogP contribution in [-0.4, -0.2) is 43.7 Å². The molecule has 1 unspecified atom stereocenters. The van der Waals surface area contributed by atoms with Gasteiger partial charge in [0, 0.05) is 25.0 Å². The number of aromatic nitrogens is 5. The molecule has 0 aliphatic rings. The highest BCUT2D eigenvalue weighted by molar-refractivity contribution is 5.98. The molecule has 0 bridgehead atoms. The molecule has 29 heavy (non-hydrogen) atoms. The van der Waals surface area contributed by atoms with E-state index in [1.165, 1.54) is 30.2 Å². The maximum Gasteiger partial charge on any atom is 0.319 e. The molecule has 10 nitrogen and oxygen atoms in total. The molecule has 0 saturated heterocycles. The van der Waals surface area contributed by atoms with Crippen LogP contribution in [0.25, 0.3) is 5.95 Å². The van der Waals surface area contributed by atoms with Gasteiger partial charge >= 0.3 is 6.03 Å². The zero-order valence-electron chi connectivity index (χ0n) is 16.0. The van der Waals surface area contributed by atoms with E-state index in [-0.39, 0.29) is 17.2 Å². The normalized spacial score (nSPS) is 11.6. The molecule has 3 amide bonds. The molecule has 3 N–H and O–H groups in total. The number of hydrogen-bond donors (Lipinski definition) is 3. The van der Waals surface area contributed by atoms with Gasteiger partial charge in [0.2, 0.25) is 0 Å². The van der Waals surface area contributed by atoms with Crippen molar-refractivity contribution in [3.05, 3.63) is 59.7 Å². The SMILES string of the molecule is CNC(=O)c1cc(NC(=O)NC(C)c2ncnn2-c2ncccn2)c(F)cc1C. The number of halogens is 1. The minimum absolute atomic E-state index is 0.119. The Morgan fingerprint density at radius 3 is 2.59 bits per heavy atom. The number of urea groups is 1. The Morgan fingerprint density at radius 2 is 1.90 bits per heavy atom. The van der Waals surface area contributed by atoms with Crippen LogP contribution >= 0.6 is 0 Å². The number of amides is 3. The standard InChI is InChI=1S/C18H19FN8O2/c1-10-7-13(19)14(8-12(10)16(28)20-3)26-18(29)25-11(2)15-23-9-24-27(15)17-21-5-4-6-22-17/h4-9,11H,1-3H3,(H,20,28)(H2,25,26,29). The third-order valence-electron chi connectivity index (χ3n) is 4.08. The van der Waals surface area contributed by atoms with Gasteiger partial charge in [-0.15, -0.1) is 0 Å². The Kier molecular flexibility index (Phi) is 5.77. The van der Waals surface area contributed by atoms with Gasteiger partial charge in [-0.05, 0) is 37.6 Å². The monoisotopic (exact) mass is 398 g/mol. The van der Waals surface area contributed by atoms with E-state index in [9.17, 15) is 14.0 Å². The fraction of sp³-hybridized carbons (Fsp3) is 0.222. The van der Waals surface area contributed by atoms with Crippen molar-refractivity contribution in [2.45, 2.75) is 19.9 Å². The lowest BCUT2D eigenvalue weighted by Crippen LogP contribution is -2.33. The fourth-order valence-corrected chi connectivity index (χ4v) is 2.67. The van der Waals surface area contributed by atoms with Gasteiger partial charge in [0.05, 0.1) is 11.7 Å². The van der Waals surface area contributed by atoms with Crippen LogP contribution in [0.4, 0.5) is 14.9 Å². The largest absolute Gasteiger partial charge is 0.355 e. The van der Waals surface area contributed by atoms with Crippen LogP contribution in [0.3, 0.4) is 0 Å². The summed E-state index contributed by atoms with van der Waals surface area (Å²) in [7, 11) is 1.47. The Morgan fingerprint density at radius 1 is 1.17 bits per heavy atom. The number of hydrogen-bond acceptors (Lipinski definition) is 6. The number of nitrogens with one attached hydrogen (secondary N) is 3. The van der Waals surface area contributed by atoms with Crippen LogP contribution in [0.2, 0.25) is 0 Å². The number of nitrogens with zero attached hydrogens (tertiary/aromatic N) is 5. The molecule has 0 radical (unpaired) electrons. The third-order valence-corrected chi connectivity index (χ3v) is 4.08. The molecule has 0 saturated carbocycles. The summed E-state index contributed by atoms with van der Waals surface area (Å²) in [6.07, 6.45) is 4.43. The van der Waals surface area contributed by atoms with Crippen molar-refractivity contribution in [1.29, 1.82) is 0 Å². The van der Waals surface area contributed by atoms with E-state index in [4.69, 9.17) is 0 Å². The van der Waals surface area contributed by atoms with E-state index in [1.807, 2.05) is 0 Å². The van der Waals surface area contributed by atoms with Crippen molar-refractivity contribution >= 4 is 17.6 Å². The molecule has 1 atom stereocenters. The second-order valence-corrected chi connectivity index (χ2v) is 6.13. The molecule has 11 heteroatoms. The maximum atomic E-state index is 14.2. The van der Waals surface area contributed by atoms with E-state index >= 15 is 0 Å². The van der Waals surface area contributed by atoms with E-state index in [1.54, 1.807) is 32.3 Å². The Balaban J connectivity index is 1.75. The Bertz CT molecular complexity index is 1040. The summed E-state index contributed by atoms with van der Waals surface area (Å²) in [5.74, 6) is -0.343. The molecular weight excluding hydrogens is 379 g/mol. The Hall–Kier alpha value is -3.89. The van der Waals surface area contributed by atoms with Gasteiger partial charge in [0.25, 0.3) is 11.9 Å². The van der Waals surface area contributed by atoms with E-state index in [0.717, 1.165) is 0 Å². The molecule has 1 aromatic carbocycles. The van der Waals surface area contributed by atoms with Crippen LogP contribution in [0.5, 0.6) is 0 Å². The molecule has 3 rings (SSSR count). The summed E-state index contributed by atoms with van der Waals surface area (Å²) < 4.78 is 15.6. The smallest absolute Gasteiger partial charge is 0.319 e. The zero-order valence-corrected chi connectivity index (χ0v) is 16.0. The predicted molar refractivity (Wildman–Crippen MR) is 102 cm³/mol. The summed E-state index contributed by atoms with van der Waals surface area (Å²) >= 11 is 0. The van der Waals surface area contributed by atoms with Gasteiger partial charge in [-0.25, -0.2) is 24.1 Å². The lowest BCUT2D eigenvalue weighted by Gasteiger charge is -2.15. The van der Waals surface area contributed by atoms with Crippen LogP contribution in [0, 0.1) is 12.7 Å². The highest BCUT2D eigenvalue weighted by Crippen LogP contribution is 2.20. The average Bonchev–Trinajstić information content (AvgIpc) is 3.20. The van der Waals surface area contributed by atoms with Crippen LogP contribution < -0.4 is 16.0 Å². The predicted octanol–water partition coefficient (Wildman–Crippen LogP) is 1.75. The molecule has 3 aromatic rings. The number of carbonyl (C=O) groups is 2. The Labute approximate surface area is 165 Å². The molecule has 2 aromatic heterocycles. The molecule has 150 valence electrons. The highest BCUT2D eigenvalue weighted by Gasteiger charge is 2.19. The van der Waals surface area contributed by atoms with Gasteiger partial charge in [-0.2, -0.15) is 9.78 Å². The minimum Gasteiger partial charge on any atom is -0.355 e. The molecule has 0 fully saturated rings. The van der Waals surface area contributed by atoms with Crippen molar-refractivity contribution in [2.24, 2.45) is 0 Å². The third kappa shape index (κ3) is 4.34. The molecular formula is C18H19FN8O2. The minimum atomic E-state index is -0.674. The average molecular weight is 398 g/mol. The number of carbonyl (C=O) groups excluding carboxylic acids is 2. The molecule has 0 aliphatic heterocycles. The summed E-state index contributed by atoms with van der Waals surface area (Å²) in [5.41, 5.74) is 0.599. The van der Waals surface area contributed by atoms with Crippen molar-refractivity contribution in [1.82, 2.24) is 35.4 Å². The summed E-state index contributed by atoms with van der Waals surface area (Å²) in [6, 6.07) is 2.87. The van der Waals surface area contributed by atoms with E-state index < -0.39 is 17.9 Å². The number of anilines is 1. The topological polar surface area (TPSA) is 127 Å². The van der Waals surface area contributed by atoms with E-state index in [2.05, 4.69) is 36.0 Å². The summed E-state index contributed by atoms with van der Waals surface area (Å²) in [5, 5.41) is 11.6. The van der Waals surface area contributed by atoms with Crippen molar-refractivity contribution in [2.75, 3.05) is 12.4 Å². The maximum absolute atomic E-state index is 14.2.